The Morgan fingerprint density at radius 1 is 1.18 bits per heavy atom. The van der Waals surface area contributed by atoms with Crippen molar-refractivity contribution < 1.29 is 4.79 Å². The van der Waals surface area contributed by atoms with Crippen LogP contribution < -0.4 is 10.8 Å². The molecule has 1 amide bonds. The molecule has 3 aromatic heterocycles. The van der Waals surface area contributed by atoms with Crippen LogP contribution in [-0.4, -0.2) is 57.1 Å². The third kappa shape index (κ3) is 5.09. The molecule has 34 heavy (non-hydrogen) atoms. The van der Waals surface area contributed by atoms with Gasteiger partial charge in [0.15, 0.2) is 5.65 Å². The number of amides is 1. The Balaban J connectivity index is 1.32. The Hall–Kier alpha value is -3.33. The zero-order valence-corrected chi connectivity index (χ0v) is 19.6. The van der Waals surface area contributed by atoms with Crippen LogP contribution in [0.3, 0.4) is 0 Å². The quantitative estimate of drug-likeness (QED) is 0.332. The SMILES string of the molecule is [B]c1cnn2c(NCc3cccnc3)cc(C3CCCN(C(=O)CSc4ccccc4)C3)nc12. The minimum Gasteiger partial charge on any atom is -0.366 e. The minimum atomic E-state index is 0.151. The molecule has 170 valence electrons. The second kappa shape index (κ2) is 10.3. The zero-order valence-electron chi connectivity index (χ0n) is 18.8. The van der Waals surface area contributed by atoms with Crippen LogP contribution in [0.2, 0.25) is 0 Å². The predicted molar refractivity (Wildman–Crippen MR) is 136 cm³/mol. The van der Waals surface area contributed by atoms with Gasteiger partial charge in [0.25, 0.3) is 0 Å². The standard InChI is InChI=1S/C25H25BN6OS/c26-21-15-29-32-23(28-14-18-6-4-10-27-13-18)12-22(30-25(21)32)19-7-5-11-31(16-19)24(33)17-34-20-8-2-1-3-9-20/h1-4,6,8-10,12-13,15,19,28H,5,7,11,14,16-17H2. The summed E-state index contributed by atoms with van der Waals surface area (Å²) in [6, 6.07) is 16.0. The van der Waals surface area contributed by atoms with Crippen LogP contribution in [0.25, 0.3) is 5.65 Å². The van der Waals surface area contributed by atoms with E-state index < -0.39 is 0 Å². The average molecular weight is 468 g/mol. The predicted octanol–water partition coefficient (Wildman–Crippen LogP) is 3.03. The summed E-state index contributed by atoms with van der Waals surface area (Å²) in [4.78, 5) is 25.0. The summed E-state index contributed by atoms with van der Waals surface area (Å²) < 4.78 is 1.73. The molecule has 1 fully saturated rings. The van der Waals surface area contributed by atoms with Crippen molar-refractivity contribution in [2.24, 2.45) is 0 Å². The van der Waals surface area contributed by atoms with Crippen molar-refractivity contribution in [2.45, 2.75) is 30.2 Å². The van der Waals surface area contributed by atoms with Gasteiger partial charge in [0.2, 0.25) is 5.91 Å². The Labute approximate surface area is 204 Å². The van der Waals surface area contributed by atoms with Gasteiger partial charge in [-0.15, -0.1) is 11.8 Å². The van der Waals surface area contributed by atoms with E-state index in [-0.39, 0.29) is 11.8 Å². The van der Waals surface area contributed by atoms with E-state index in [0.717, 1.165) is 41.4 Å². The summed E-state index contributed by atoms with van der Waals surface area (Å²) in [7, 11) is 6.17. The van der Waals surface area contributed by atoms with Crippen LogP contribution in [0.1, 0.15) is 30.0 Å². The molecule has 5 rings (SSSR count). The van der Waals surface area contributed by atoms with Crippen molar-refractivity contribution in [3.63, 3.8) is 0 Å². The van der Waals surface area contributed by atoms with Gasteiger partial charge in [-0.05, 0) is 42.1 Å². The van der Waals surface area contributed by atoms with Crippen molar-refractivity contribution in [1.29, 1.82) is 0 Å². The monoisotopic (exact) mass is 468 g/mol. The number of carbonyl (C=O) groups is 1. The summed E-state index contributed by atoms with van der Waals surface area (Å²) in [6.07, 6.45) is 7.15. The van der Waals surface area contributed by atoms with E-state index in [1.807, 2.05) is 59.6 Å². The van der Waals surface area contributed by atoms with Crippen LogP contribution >= 0.6 is 11.8 Å². The smallest absolute Gasteiger partial charge is 0.232 e. The molecule has 1 aromatic carbocycles. The molecule has 4 heterocycles. The Kier molecular flexibility index (Phi) is 6.81. The third-order valence-corrected chi connectivity index (χ3v) is 7.01. The lowest BCUT2D eigenvalue weighted by Gasteiger charge is -2.32. The van der Waals surface area contributed by atoms with Gasteiger partial charge in [-0.2, -0.15) is 9.61 Å². The molecule has 2 radical (unpaired) electrons. The van der Waals surface area contributed by atoms with Crippen molar-refractivity contribution in [1.82, 2.24) is 24.5 Å². The normalized spacial score (nSPS) is 16.0. The lowest BCUT2D eigenvalue weighted by atomic mass is 9.94. The topological polar surface area (TPSA) is 75.4 Å². The summed E-state index contributed by atoms with van der Waals surface area (Å²) in [5, 5.41) is 7.85. The summed E-state index contributed by atoms with van der Waals surface area (Å²) in [5.74, 6) is 1.58. The van der Waals surface area contributed by atoms with E-state index in [1.165, 1.54) is 0 Å². The number of piperidine rings is 1. The number of hydrogen-bond acceptors (Lipinski definition) is 6. The van der Waals surface area contributed by atoms with Crippen LogP contribution in [-0.2, 0) is 11.3 Å². The summed E-state index contributed by atoms with van der Waals surface area (Å²) >= 11 is 1.58. The number of anilines is 1. The highest BCUT2D eigenvalue weighted by Gasteiger charge is 2.26. The maximum Gasteiger partial charge on any atom is 0.232 e. The van der Waals surface area contributed by atoms with Gasteiger partial charge in [0.1, 0.15) is 13.7 Å². The van der Waals surface area contributed by atoms with Gasteiger partial charge in [-0.3, -0.25) is 9.78 Å². The molecule has 1 aliphatic rings. The fourth-order valence-electron chi connectivity index (χ4n) is 4.23. The fourth-order valence-corrected chi connectivity index (χ4v) is 5.05. The fraction of sp³-hybridized carbons (Fsp3) is 0.280. The highest BCUT2D eigenvalue weighted by molar-refractivity contribution is 8.00. The number of carbonyl (C=O) groups excluding carboxylic acids is 1. The van der Waals surface area contributed by atoms with Gasteiger partial charge in [0, 0.05) is 55.1 Å². The zero-order chi connectivity index (χ0) is 23.3. The summed E-state index contributed by atoms with van der Waals surface area (Å²) in [5.41, 5.74) is 3.17. The number of pyridine rings is 1. The number of thioether (sulfide) groups is 1. The van der Waals surface area contributed by atoms with Crippen LogP contribution in [0.5, 0.6) is 0 Å². The van der Waals surface area contributed by atoms with Crippen LogP contribution in [0.15, 0.2) is 72.0 Å². The molecule has 1 N–H and O–H groups in total. The second-order valence-electron chi connectivity index (χ2n) is 8.40. The largest absolute Gasteiger partial charge is 0.366 e. The molecule has 0 saturated carbocycles. The maximum absolute atomic E-state index is 12.9. The number of benzene rings is 1. The number of aromatic nitrogens is 4. The lowest BCUT2D eigenvalue weighted by molar-refractivity contribution is -0.129. The van der Waals surface area contributed by atoms with Crippen molar-refractivity contribution in [2.75, 3.05) is 24.2 Å². The highest BCUT2D eigenvalue weighted by atomic mass is 32.2. The summed E-state index contributed by atoms with van der Waals surface area (Å²) in [6.45, 7) is 2.06. The number of nitrogens with one attached hydrogen (secondary N) is 1. The molecule has 0 spiro atoms. The second-order valence-corrected chi connectivity index (χ2v) is 9.45. The van der Waals surface area contributed by atoms with E-state index in [0.29, 0.717) is 30.0 Å². The van der Waals surface area contributed by atoms with E-state index >= 15 is 0 Å². The van der Waals surface area contributed by atoms with Gasteiger partial charge >= 0.3 is 0 Å². The first-order valence-electron chi connectivity index (χ1n) is 11.4. The molecule has 1 aliphatic heterocycles. The first kappa shape index (κ1) is 22.5. The van der Waals surface area contributed by atoms with Crippen molar-refractivity contribution >= 4 is 42.4 Å². The number of rotatable bonds is 7. The third-order valence-electron chi connectivity index (χ3n) is 6.01. The van der Waals surface area contributed by atoms with E-state index in [4.69, 9.17) is 12.8 Å². The Morgan fingerprint density at radius 2 is 2.06 bits per heavy atom. The Morgan fingerprint density at radius 3 is 2.88 bits per heavy atom. The highest BCUT2D eigenvalue weighted by Crippen LogP contribution is 2.29. The number of nitrogens with zero attached hydrogens (tertiary/aromatic N) is 5. The molecule has 0 bridgehead atoms. The number of likely N-dealkylation sites (tertiary alicyclic amines) is 1. The van der Waals surface area contributed by atoms with Gasteiger partial charge in [-0.1, -0.05) is 24.3 Å². The minimum absolute atomic E-state index is 0.151. The molecule has 1 saturated heterocycles. The molecular formula is C25H25BN6OS. The van der Waals surface area contributed by atoms with Gasteiger partial charge < -0.3 is 10.2 Å². The van der Waals surface area contributed by atoms with E-state index in [1.54, 1.807) is 28.7 Å². The maximum atomic E-state index is 12.9. The molecule has 0 aliphatic carbocycles. The average Bonchev–Trinajstić information content (AvgIpc) is 3.28. The number of fused-ring (bicyclic) bond motifs is 1. The van der Waals surface area contributed by atoms with Gasteiger partial charge in [-0.25, -0.2) is 4.98 Å². The lowest BCUT2D eigenvalue weighted by Crippen LogP contribution is -2.40. The molecule has 4 aromatic rings. The van der Waals surface area contributed by atoms with Crippen molar-refractivity contribution in [3.05, 3.63) is 78.4 Å². The molecular weight excluding hydrogens is 443 g/mol. The van der Waals surface area contributed by atoms with E-state index in [9.17, 15) is 4.79 Å². The first-order chi connectivity index (χ1) is 16.7. The van der Waals surface area contributed by atoms with Crippen LogP contribution in [0.4, 0.5) is 5.82 Å². The first-order valence-corrected chi connectivity index (χ1v) is 12.4. The molecule has 1 unspecified atom stereocenters. The van der Waals surface area contributed by atoms with Gasteiger partial charge in [0.05, 0.1) is 11.4 Å². The number of hydrogen-bond donors (Lipinski definition) is 1. The van der Waals surface area contributed by atoms with Crippen LogP contribution in [0, 0.1) is 0 Å². The molecule has 9 heteroatoms. The molecule has 7 nitrogen and oxygen atoms in total. The van der Waals surface area contributed by atoms with Crippen molar-refractivity contribution in [3.8, 4) is 0 Å². The Bertz CT molecular complexity index is 1270. The molecule has 1 atom stereocenters. The van der Waals surface area contributed by atoms with E-state index in [2.05, 4.69) is 15.4 Å².